The maximum Gasteiger partial charge on any atom is 0.318 e. The summed E-state index contributed by atoms with van der Waals surface area (Å²) in [7, 11) is 0. The van der Waals surface area contributed by atoms with Crippen LogP contribution in [0.2, 0.25) is 0 Å². The number of carbonyl (C=O) groups is 3. The van der Waals surface area contributed by atoms with Crippen molar-refractivity contribution in [3.8, 4) is 0 Å². The molecule has 6 heteroatoms. The van der Waals surface area contributed by atoms with E-state index in [2.05, 4.69) is 11.5 Å². The number of amides is 4. The number of imide groups is 1. The molecule has 0 heterocycles. The van der Waals surface area contributed by atoms with Crippen LogP contribution in [0.3, 0.4) is 0 Å². The number of nitrogens with one attached hydrogen (secondary N) is 1. The van der Waals surface area contributed by atoms with Crippen molar-refractivity contribution in [2.75, 3.05) is 0 Å². The topological polar surface area (TPSA) is 115 Å². The van der Waals surface area contributed by atoms with Crippen molar-refractivity contribution >= 4 is 17.8 Å². The van der Waals surface area contributed by atoms with Crippen molar-refractivity contribution < 1.29 is 14.4 Å². The second-order valence-corrected chi connectivity index (χ2v) is 1.56. The molecule has 0 aliphatic carbocycles. The first-order valence-corrected chi connectivity index (χ1v) is 2.40. The Morgan fingerprint density at radius 1 is 1.20 bits per heavy atom. The van der Waals surface area contributed by atoms with Gasteiger partial charge in [-0.1, -0.05) is 0 Å². The molecule has 5 N–H and O–H groups in total. The average Bonchev–Trinajstić information content (AvgIpc) is 1.58. The summed E-state index contributed by atoms with van der Waals surface area (Å²) in [6.07, 6.45) is -0.525. The lowest BCUT2D eigenvalue weighted by molar-refractivity contribution is -0.126. The highest BCUT2D eigenvalue weighted by atomic mass is 16.2. The van der Waals surface area contributed by atoms with Gasteiger partial charge in [-0.25, -0.2) is 4.79 Å². The molecular weight excluding hydrogens is 138 g/mol. The summed E-state index contributed by atoms with van der Waals surface area (Å²) in [4.78, 5) is 30.3. The van der Waals surface area contributed by atoms with Crippen molar-refractivity contribution in [1.82, 2.24) is 5.32 Å². The molecule has 0 radical (unpaired) electrons. The van der Waals surface area contributed by atoms with Crippen molar-refractivity contribution in [3.63, 3.8) is 0 Å². The predicted molar refractivity (Wildman–Crippen MR) is 31.5 cm³/mol. The first kappa shape index (κ1) is 8.41. The molecule has 0 aliphatic heterocycles. The molecule has 6 nitrogen and oxygen atoms in total. The van der Waals surface area contributed by atoms with E-state index < -0.39 is 24.3 Å². The number of primary amides is 2. The highest BCUT2D eigenvalue weighted by molar-refractivity contribution is 6.02. The number of rotatable bonds is 2. The van der Waals surface area contributed by atoms with Crippen LogP contribution in [0.5, 0.6) is 0 Å². The molecule has 0 saturated carbocycles. The maximum atomic E-state index is 10.4. The fraction of sp³-hybridized carbons (Fsp3) is 0.250. The zero-order valence-corrected chi connectivity index (χ0v) is 5.09. The van der Waals surface area contributed by atoms with Crippen LogP contribution in [0.25, 0.3) is 0 Å². The van der Waals surface area contributed by atoms with E-state index in [-0.39, 0.29) is 0 Å². The molecule has 0 aromatic carbocycles. The minimum atomic E-state index is -0.994. The van der Waals surface area contributed by atoms with E-state index in [0.717, 1.165) is 0 Å². The van der Waals surface area contributed by atoms with Gasteiger partial charge in [0, 0.05) is 0 Å². The standard InChI is InChI=1S/C4H7N3O3/c5-2(8)1-3(9)7-4(6)10/h1H2,(H2,5,8)(H3,6,7,9,10). The van der Waals surface area contributed by atoms with Gasteiger partial charge in [-0.15, -0.1) is 0 Å². The van der Waals surface area contributed by atoms with Crippen LogP contribution in [0, 0.1) is 0 Å². The minimum Gasteiger partial charge on any atom is -0.369 e. The van der Waals surface area contributed by atoms with Gasteiger partial charge in [-0.05, 0) is 0 Å². The second-order valence-electron chi connectivity index (χ2n) is 1.56. The van der Waals surface area contributed by atoms with Crippen molar-refractivity contribution in [2.45, 2.75) is 6.42 Å². The third-order valence-corrected chi connectivity index (χ3v) is 0.597. The highest BCUT2D eigenvalue weighted by Crippen LogP contribution is 1.74. The lowest BCUT2D eigenvalue weighted by Gasteiger charge is -1.95. The van der Waals surface area contributed by atoms with Crippen LogP contribution in [0.1, 0.15) is 6.42 Å². The van der Waals surface area contributed by atoms with Gasteiger partial charge >= 0.3 is 6.03 Å². The SMILES string of the molecule is NC(=O)CC(=O)NC(N)=O. The molecule has 4 amide bonds. The van der Waals surface area contributed by atoms with Gasteiger partial charge in [0.15, 0.2) is 0 Å². The summed E-state index contributed by atoms with van der Waals surface area (Å²) in [5.41, 5.74) is 9.16. The zero-order chi connectivity index (χ0) is 8.15. The maximum absolute atomic E-state index is 10.4. The van der Waals surface area contributed by atoms with Crippen molar-refractivity contribution in [3.05, 3.63) is 0 Å². The number of nitrogens with two attached hydrogens (primary N) is 2. The number of urea groups is 1. The summed E-state index contributed by atoms with van der Waals surface area (Å²) in [5, 5.41) is 1.67. The normalized spacial score (nSPS) is 8.40. The third-order valence-electron chi connectivity index (χ3n) is 0.597. The summed E-state index contributed by atoms with van der Waals surface area (Å²) in [6, 6.07) is -0.994. The Bertz CT molecular complexity index is 159. The number of hydrogen-bond donors (Lipinski definition) is 3. The molecule has 0 aromatic rings. The quantitative estimate of drug-likeness (QED) is 0.392. The molecule has 0 fully saturated rings. The summed E-state index contributed by atoms with van der Waals surface area (Å²) in [6.45, 7) is 0. The molecule has 0 aliphatic rings. The van der Waals surface area contributed by atoms with Crippen LogP contribution in [0.15, 0.2) is 0 Å². The molecular formula is C4H7N3O3. The van der Waals surface area contributed by atoms with E-state index in [0.29, 0.717) is 0 Å². The Morgan fingerprint density at radius 3 is 2.00 bits per heavy atom. The molecule has 0 rings (SSSR count). The first-order chi connectivity index (χ1) is 4.52. The largest absolute Gasteiger partial charge is 0.369 e. The molecule has 0 bridgehead atoms. The van der Waals surface area contributed by atoms with E-state index in [1.807, 2.05) is 0 Å². The molecule has 56 valence electrons. The Labute approximate surface area is 56.5 Å². The Balaban J connectivity index is 3.65. The predicted octanol–water partition coefficient (Wildman–Crippen LogP) is -1.94. The Hall–Kier alpha value is -1.59. The van der Waals surface area contributed by atoms with Crippen LogP contribution in [0.4, 0.5) is 4.79 Å². The van der Waals surface area contributed by atoms with Gasteiger partial charge in [0.05, 0.1) is 0 Å². The van der Waals surface area contributed by atoms with E-state index in [1.165, 1.54) is 0 Å². The van der Waals surface area contributed by atoms with E-state index in [9.17, 15) is 14.4 Å². The Morgan fingerprint density at radius 2 is 1.70 bits per heavy atom. The molecule has 0 atom stereocenters. The van der Waals surface area contributed by atoms with Gasteiger partial charge in [0.25, 0.3) is 0 Å². The molecule has 0 saturated heterocycles. The monoisotopic (exact) mass is 145 g/mol. The number of hydrogen-bond acceptors (Lipinski definition) is 3. The fourth-order valence-electron chi connectivity index (χ4n) is 0.340. The second kappa shape index (κ2) is 3.44. The fourth-order valence-corrected chi connectivity index (χ4v) is 0.340. The van der Waals surface area contributed by atoms with Gasteiger partial charge in [0.1, 0.15) is 6.42 Å². The zero-order valence-electron chi connectivity index (χ0n) is 5.09. The number of carbonyl (C=O) groups excluding carboxylic acids is 3. The lowest BCUT2D eigenvalue weighted by atomic mass is 10.4. The lowest BCUT2D eigenvalue weighted by Crippen LogP contribution is -2.37. The van der Waals surface area contributed by atoms with E-state index in [1.54, 1.807) is 5.32 Å². The summed E-state index contributed by atoms with van der Waals surface area (Å²) >= 11 is 0. The van der Waals surface area contributed by atoms with Crippen molar-refractivity contribution in [2.24, 2.45) is 11.5 Å². The van der Waals surface area contributed by atoms with Crippen LogP contribution in [-0.2, 0) is 9.59 Å². The summed E-state index contributed by atoms with van der Waals surface area (Å²) < 4.78 is 0. The van der Waals surface area contributed by atoms with Crippen LogP contribution >= 0.6 is 0 Å². The molecule has 0 unspecified atom stereocenters. The minimum absolute atomic E-state index is 0.525. The molecule has 0 aromatic heterocycles. The van der Waals surface area contributed by atoms with Gasteiger partial charge in [-0.3, -0.25) is 14.9 Å². The molecule has 0 spiro atoms. The summed E-state index contributed by atoms with van der Waals surface area (Å²) in [5.74, 6) is -1.60. The van der Waals surface area contributed by atoms with Gasteiger partial charge in [-0.2, -0.15) is 0 Å². The smallest absolute Gasteiger partial charge is 0.318 e. The van der Waals surface area contributed by atoms with E-state index >= 15 is 0 Å². The highest BCUT2D eigenvalue weighted by Gasteiger charge is 2.06. The van der Waals surface area contributed by atoms with Crippen LogP contribution < -0.4 is 16.8 Å². The van der Waals surface area contributed by atoms with E-state index in [4.69, 9.17) is 0 Å². The third kappa shape index (κ3) is 4.57. The van der Waals surface area contributed by atoms with Crippen LogP contribution in [-0.4, -0.2) is 17.8 Å². The average molecular weight is 145 g/mol. The molecule has 10 heavy (non-hydrogen) atoms. The van der Waals surface area contributed by atoms with Gasteiger partial charge < -0.3 is 11.5 Å². The van der Waals surface area contributed by atoms with Gasteiger partial charge in [0.2, 0.25) is 11.8 Å². The first-order valence-electron chi connectivity index (χ1n) is 2.40. The van der Waals surface area contributed by atoms with Crippen molar-refractivity contribution in [1.29, 1.82) is 0 Å². The Kier molecular flexibility index (Phi) is 2.89.